The molecular formula is C28H32FN4O4+. The summed E-state index contributed by atoms with van der Waals surface area (Å²) in [5.74, 6) is -2.02. The van der Waals surface area contributed by atoms with Gasteiger partial charge in [-0.15, -0.1) is 0 Å². The number of rotatable bonds is 8. The Kier molecular flexibility index (Phi) is 8.32. The van der Waals surface area contributed by atoms with Crippen molar-refractivity contribution in [3.63, 3.8) is 0 Å². The van der Waals surface area contributed by atoms with Crippen molar-refractivity contribution in [1.82, 2.24) is 9.80 Å². The van der Waals surface area contributed by atoms with Crippen LogP contribution in [0.2, 0.25) is 0 Å². The molecule has 2 aliphatic rings. The average Bonchev–Trinajstić information content (AvgIpc) is 3.41. The van der Waals surface area contributed by atoms with Crippen LogP contribution < -0.4 is 10.7 Å². The monoisotopic (exact) mass is 507 g/mol. The molecule has 3 N–H and O–H groups in total. The summed E-state index contributed by atoms with van der Waals surface area (Å²) in [5.41, 5.74) is 1.75. The highest BCUT2D eigenvalue weighted by molar-refractivity contribution is 6.42. The summed E-state index contributed by atoms with van der Waals surface area (Å²) in [5, 5.41) is 8.74. The van der Waals surface area contributed by atoms with Crippen molar-refractivity contribution in [2.75, 3.05) is 31.5 Å². The van der Waals surface area contributed by atoms with Crippen molar-refractivity contribution < 1.29 is 28.9 Å². The van der Waals surface area contributed by atoms with Gasteiger partial charge in [0.05, 0.1) is 6.10 Å². The second-order valence-electron chi connectivity index (χ2n) is 9.35. The maximum atomic E-state index is 13.9. The molecule has 2 aromatic carbocycles. The average molecular weight is 508 g/mol. The van der Waals surface area contributed by atoms with E-state index in [9.17, 15) is 18.8 Å². The van der Waals surface area contributed by atoms with Gasteiger partial charge in [-0.1, -0.05) is 30.3 Å². The van der Waals surface area contributed by atoms with E-state index in [0.29, 0.717) is 35.6 Å². The molecule has 37 heavy (non-hydrogen) atoms. The van der Waals surface area contributed by atoms with Crippen molar-refractivity contribution in [1.29, 1.82) is 0 Å². The van der Waals surface area contributed by atoms with E-state index < -0.39 is 23.4 Å². The fourth-order valence-corrected chi connectivity index (χ4v) is 4.73. The summed E-state index contributed by atoms with van der Waals surface area (Å²) in [6, 6.07) is 12.8. The molecule has 1 aliphatic heterocycles. The van der Waals surface area contributed by atoms with Crippen LogP contribution >= 0.6 is 0 Å². The summed E-state index contributed by atoms with van der Waals surface area (Å²) in [4.78, 5) is 42.1. The van der Waals surface area contributed by atoms with Gasteiger partial charge in [0.2, 0.25) is 11.5 Å². The Labute approximate surface area is 215 Å². The highest BCUT2D eigenvalue weighted by Crippen LogP contribution is 2.26. The van der Waals surface area contributed by atoms with Crippen LogP contribution in [0.5, 0.6) is 0 Å². The van der Waals surface area contributed by atoms with E-state index in [-0.39, 0.29) is 25.0 Å². The fraction of sp³-hybridized carbons (Fsp3) is 0.357. The van der Waals surface area contributed by atoms with Crippen molar-refractivity contribution in [3.05, 3.63) is 76.9 Å². The predicted octanol–water partition coefficient (Wildman–Crippen LogP) is 2.10. The van der Waals surface area contributed by atoms with Gasteiger partial charge < -0.3 is 19.9 Å². The molecule has 0 aromatic heterocycles. The molecule has 1 saturated carbocycles. The first-order chi connectivity index (χ1) is 17.9. The first-order valence-corrected chi connectivity index (χ1v) is 12.5. The third kappa shape index (κ3) is 6.41. The van der Waals surface area contributed by atoms with Gasteiger partial charge in [0.25, 0.3) is 11.8 Å². The minimum atomic E-state index is -0.560. The minimum Gasteiger partial charge on any atom is -0.483 e. The number of piperazine rings is 1. The molecule has 2 aromatic rings. The second-order valence-corrected chi connectivity index (χ2v) is 9.35. The van der Waals surface area contributed by atoms with E-state index in [0.717, 1.165) is 25.7 Å². The molecule has 0 atom stereocenters. The molecule has 2 fully saturated rings. The van der Waals surface area contributed by atoms with Crippen molar-refractivity contribution in [2.45, 2.75) is 38.7 Å². The number of nitrogens with one attached hydrogen (secondary N) is 1. The van der Waals surface area contributed by atoms with Crippen LogP contribution in [-0.4, -0.2) is 65.9 Å². The number of benzene rings is 2. The van der Waals surface area contributed by atoms with Crippen LogP contribution in [-0.2, 0) is 14.3 Å². The van der Waals surface area contributed by atoms with E-state index >= 15 is 0 Å². The van der Waals surface area contributed by atoms with Gasteiger partial charge in [-0.05, 0) is 56.4 Å². The summed E-state index contributed by atoms with van der Waals surface area (Å²) in [7, 11) is 0. The van der Waals surface area contributed by atoms with Gasteiger partial charge >= 0.3 is 0 Å². The number of allylic oxidation sites excluding steroid dienone is 1. The largest absolute Gasteiger partial charge is 0.483 e. The number of carbonyl (C=O) groups is 3. The van der Waals surface area contributed by atoms with Crippen LogP contribution in [0.25, 0.3) is 0 Å². The molecule has 2 amide bonds. The highest BCUT2D eigenvalue weighted by Gasteiger charge is 2.32. The van der Waals surface area contributed by atoms with Crippen LogP contribution in [0, 0.1) is 12.7 Å². The van der Waals surface area contributed by atoms with Crippen LogP contribution in [0.15, 0.2) is 60.0 Å². The van der Waals surface area contributed by atoms with Gasteiger partial charge in [0, 0.05) is 37.4 Å². The summed E-state index contributed by atoms with van der Waals surface area (Å²) in [6.07, 6.45) is 4.90. The van der Waals surface area contributed by atoms with E-state index in [1.165, 1.54) is 23.2 Å². The van der Waals surface area contributed by atoms with Gasteiger partial charge in [-0.25, -0.2) is 4.39 Å². The SMILES string of the molecule is Cc1cc(F)cc(NC(=O)/C(OC2CCCC2)=C(\C=[NH2+])N2CCN(C(=O)C(=O)c3ccccc3)CC2)c1. The van der Waals surface area contributed by atoms with Crippen LogP contribution in [0.4, 0.5) is 10.1 Å². The number of amides is 2. The number of halogens is 1. The molecule has 1 saturated heterocycles. The molecular weight excluding hydrogens is 475 g/mol. The Hall–Kier alpha value is -4.01. The zero-order chi connectivity index (χ0) is 26.4. The number of nitrogens with zero attached hydrogens (tertiary/aromatic N) is 2. The fourth-order valence-electron chi connectivity index (χ4n) is 4.73. The standard InChI is InChI=1S/C28H31FN4O4/c1-19-15-21(29)17-22(16-19)31-27(35)26(37-23-9-5-6-10-23)24(18-30)32-11-13-33(14-12-32)28(36)25(34)20-7-3-2-4-8-20/h2-4,7-8,15-18,23,30H,5-6,9-14H2,1H3,(H,31,35)/p+1/b26-24-,30-18?. The molecule has 0 bridgehead atoms. The van der Waals surface area contributed by atoms with Gasteiger partial charge in [0.15, 0.2) is 6.21 Å². The maximum Gasteiger partial charge on any atom is 0.295 e. The normalized spacial score (nSPS) is 16.7. The van der Waals surface area contributed by atoms with Crippen LogP contribution in [0.3, 0.4) is 0 Å². The number of hydrogen-bond acceptors (Lipinski definition) is 5. The molecule has 1 aliphatic carbocycles. The first kappa shape index (κ1) is 26.1. The lowest BCUT2D eigenvalue weighted by atomic mass is 10.1. The Morgan fingerprint density at radius 1 is 1.00 bits per heavy atom. The number of aryl methyl sites for hydroxylation is 1. The van der Waals surface area contributed by atoms with E-state index in [1.807, 2.05) is 4.90 Å². The number of ether oxygens (including phenoxy) is 1. The van der Waals surface area contributed by atoms with E-state index in [1.54, 1.807) is 43.3 Å². The highest BCUT2D eigenvalue weighted by atomic mass is 19.1. The molecule has 8 nitrogen and oxygen atoms in total. The molecule has 0 unspecified atom stereocenters. The Bertz CT molecular complexity index is 1180. The number of Topliss-reactive ketones (excluding diaryl/α,β-unsaturated/α-hetero) is 1. The van der Waals surface area contributed by atoms with Crippen molar-refractivity contribution in [2.24, 2.45) is 0 Å². The van der Waals surface area contributed by atoms with Gasteiger partial charge in [0.1, 0.15) is 11.5 Å². The number of carbonyl (C=O) groups excluding carboxylic acids is 3. The lowest BCUT2D eigenvalue weighted by Gasteiger charge is -2.36. The van der Waals surface area contributed by atoms with E-state index in [2.05, 4.69) is 5.32 Å². The Morgan fingerprint density at radius 2 is 1.65 bits per heavy atom. The molecule has 4 rings (SSSR count). The molecule has 0 spiro atoms. The predicted molar refractivity (Wildman–Crippen MR) is 137 cm³/mol. The third-order valence-corrected chi connectivity index (χ3v) is 6.62. The zero-order valence-electron chi connectivity index (χ0n) is 20.9. The zero-order valence-corrected chi connectivity index (χ0v) is 20.9. The third-order valence-electron chi connectivity index (χ3n) is 6.62. The van der Waals surface area contributed by atoms with Gasteiger partial charge in [-0.2, -0.15) is 0 Å². The Morgan fingerprint density at radius 3 is 2.27 bits per heavy atom. The quantitative estimate of drug-likeness (QED) is 0.187. The second kappa shape index (κ2) is 11.8. The number of anilines is 1. The maximum absolute atomic E-state index is 13.9. The summed E-state index contributed by atoms with van der Waals surface area (Å²) >= 11 is 0. The molecule has 194 valence electrons. The minimum absolute atomic E-state index is 0.0662. The van der Waals surface area contributed by atoms with Crippen molar-refractivity contribution in [3.8, 4) is 0 Å². The van der Waals surface area contributed by atoms with Crippen molar-refractivity contribution >= 4 is 29.5 Å². The lowest BCUT2D eigenvalue weighted by molar-refractivity contribution is -0.128. The molecule has 1 heterocycles. The molecule has 0 radical (unpaired) electrons. The Balaban J connectivity index is 1.51. The first-order valence-electron chi connectivity index (χ1n) is 12.5. The van der Waals surface area contributed by atoms with E-state index in [4.69, 9.17) is 10.1 Å². The van der Waals surface area contributed by atoms with Gasteiger partial charge in [-0.3, -0.25) is 19.8 Å². The summed E-state index contributed by atoms with van der Waals surface area (Å²) in [6.45, 7) is 3.04. The van der Waals surface area contributed by atoms with Crippen LogP contribution in [0.1, 0.15) is 41.6 Å². The number of nitrogens with two attached hydrogens (primary N) is 1. The number of hydrogen-bond donors (Lipinski definition) is 2. The number of ketones is 1. The lowest BCUT2D eigenvalue weighted by Crippen LogP contribution is -2.52. The smallest absolute Gasteiger partial charge is 0.295 e. The summed E-state index contributed by atoms with van der Waals surface area (Å²) < 4.78 is 20.1. The topological polar surface area (TPSA) is 105 Å². The molecule has 9 heteroatoms.